The first-order chi connectivity index (χ1) is 12.4. The number of sulfonamides is 1. The van der Waals surface area contributed by atoms with Gasteiger partial charge in [-0.25, -0.2) is 8.42 Å². The maximum absolute atomic E-state index is 12.1. The van der Waals surface area contributed by atoms with Crippen LogP contribution in [-0.2, 0) is 29.1 Å². The van der Waals surface area contributed by atoms with Gasteiger partial charge in [0.15, 0.2) is 6.29 Å². The quantitative estimate of drug-likeness (QED) is 0.537. The van der Waals surface area contributed by atoms with Crippen molar-refractivity contribution in [2.75, 3.05) is 42.7 Å². The van der Waals surface area contributed by atoms with Crippen LogP contribution in [0.25, 0.3) is 0 Å². The summed E-state index contributed by atoms with van der Waals surface area (Å²) in [5, 5.41) is 4.84. The molecule has 0 unspecified atom stereocenters. The van der Waals surface area contributed by atoms with Gasteiger partial charge in [0.05, 0.1) is 18.0 Å². The highest BCUT2D eigenvalue weighted by Crippen LogP contribution is 2.24. The van der Waals surface area contributed by atoms with Crippen molar-refractivity contribution in [3.05, 3.63) is 24.3 Å². The Hall–Kier alpha value is -2.17. The summed E-state index contributed by atoms with van der Waals surface area (Å²) in [7, 11) is -0.446. The zero-order valence-corrected chi connectivity index (χ0v) is 15.5. The molecule has 1 aliphatic heterocycles. The Morgan fingerprint density at radius 2 is 1.77 bits per heavy atom. The molecule has 0 aromatic heterocycles. The molecule has 9 nitrogen and oxygen atoms in total. The topological polar surface area (TPSA) is 114 Å². The lowest BCUT2D eigenvalue weighted by molar-refractivity contribution is -0.139. The molecule has 144 valence electrons. The normalized spacial score (nSPS) is 16.3. The minimum atomic E-state index is -3.29. The number of methoxy groups -OCH3 is 2. The first-order valence-electron chi connectivity index (χ1n) is 8.12. The highest BCUT2D eigenvalue weighted by atomic mass is 32.2. The number of anilines is 2. The molecule has 2 N–H and O–H groups in total. The second-order valence-electron chi connectivity index (χ2n) is 5.71. The van der Waals surface area contributed by atoms with Gasteiger partial charge in [-0.05, 0) is 37.1 Å². The van der Waals surface area contributed by atoms with Crippen molar-refractivity contribution in [1.29, 1.82) is 0 Å². The van der Waals surface area contributed by atoms with Crippen molar-refractivity contribution >= 4 is 33.2 Å². The average Bonchev–Trinajstić information content (AvgIpc) is 2.63. The molecule has 26 heavy (non-hydrogen) atoms. The van der Waals surface area contributed by atoms with Gasteiger partial charge in [-0.2, -0.15) is 0 Å². The first-order valence-corrected chi connectivity index (χ1v) is 9.73. The van der Waals surface area contributed by atoms with Crippen LogP contribution in [0, 0.1) is 0 Å². The fourth-order valence-electron chi connectivity index (χ4n) is 2.50. The third kappa shape index (κ3) is 5.16. The van der Waals surface area contributed by atoms with Crippen LogP contribution in [0.5, 0.6) is 0 Å². The number of benzene rings is 1. The lowest BCUT2D eigenvalue weighted by Crippen LogP contribution is -2.40. The fraction of sp³-hybridized carbons (Fsp3) is 0.500. The van der Waals surface area contributed by atoms with Crippen molar-refractivity contribution in [2.45, 2.75) is 19.1 Å². The van der Waals surface area contributed by atoms with Crippen molar-refractivity contribution in [3.8, 4) is 0 Å². The number of nitrogens with zero attached hydrogens (tertiary/aromatic N) is 1. The van der Waals surface area contributed by atoms with Gasteiger partial charge >= 0.3 is 11.8 Å². The zero-order valence-electron chi connectivity index (χ0n) is 14.7. The molecule has 0 saturated carbocycles. The van der Waals surface area contributed by atoms with E-state index in [1.54, 1.807) is 24.3 Å². The van der Waals surface area contributed by atoms with Crippen LogP contribution in [0.2, 0.25) is 0 Å². The summed E-state index contributed by atoms with van der Waals surface area (Å²) in [6.07, 6.45) is 0.828. The molecule has 0 atom stereocenters. The van der Waals surface area contributed by atoms with Crippen LogP contribution < -0.4 is 14.9 Å². The van der Waals surface area contributed by atoms with Crippen LogP contribution in [0.1, 0.15) is 12.8 Å². The van der Waals surface area contributed by atoms with E-state index >= 15 is 0 Å². The number of nitrogens with one attached hydrogen (secondary N) is 2. The van der Waals surface area contributed by atoms with Gasteiger partial charge in [0.1, 0.15) is 0 Å². The van der Waals surface area contributed by atoms with E-state index in [4.69, 9.17) is 9.47 Å². The monoisotopic (exact) mass is 385 g/mol. The largest absolute Gasteiger partial charge is 0.354 e. The molecule has 1 saturated heterocycles. The maximum atomic E-state index is 12.1. The highest BCUT2D eigenvalue weighted by molar-refractivity contribution is 7.92. The zero-order chi connectivity index (χ0) is 19.2. The standard InChI is InChI=1S/C16H23N3O6S/c1-24-14(25-2)11-17-15(20)16(21)18-12-5-7-13(8-6-12)19-9-3-4-10-26(19,22)23/h5-8,14H,3-4,9-11H2,1-2H3,(H,17,20)(H,18,21). The third-order valence-corrected chi connectivity index (χ3v) is 5.79. The molecular weight excluding hydrogens is 362 g/mol. The smallest absolute Gasteiger partial charge is 0.313 e. The van der Waals surface area contributed by atoms with Crippen LogP contribution in [-0.4, -0.2) is 59.6 Å². The van der Waals surface area contributed by atoms with Crippen LogP contribution in [0.15, 0.2) is 24.3 Å². The molecule has 1 heterocycles. The van der Waals surface area contributed by atoms with E-state index in [2.05, 4.69) is 10.6 Å². The van der Waals surface area contributed by atoms with Crippen LogP contribution in [0.4, 0.5) is 11.4 Å². The Balaban J connectivity index is 1.94. The average molecular weight is 385 g/mol. The Kier molecular flexibility index (Phi) is 6.95. The van der Waals surface area contributed by atoms with Crippen LogP contribution in [0.3, 0.4) is 0 Å². The molecule has 1 aliphatic rings. The van der Waals surface area contributed by atoms with Gasteiger partial charge in [-0.1, -0.05) is 0 Å². The fourth-order valence-corrected chi connectivity index (χ4v) is 4.14. The minimum absolute atomic E-state index is 0.0327. The summed E-state index contributed by atoms with van der Waals surface area (Å²) in [6, 6.07) is 6.31. The molecule has 0 spiro atoms. The van der Waals surface area contributed by atoms with Gasteiger partial charge in [0.2, 0.25) is 10.0 Å². The maximum Gasteiger partial charge on any atom is 0.313 e. The number of rotatable bonds is 6. The predicted molar refractivity (Wildman–Crippen MR) is 96.3 cm³/mol. The summed E-state index contributed by atoms with van der Waals surface area (Å²) in [4.78, 5) is 23.6. The van der Waals surface area contributed by atoms with Gasteiger partial charge in [0.25, 0.3) is 0 Å². The Labute approximate surface area is 152 Å². The molecule has 10 heteroatoms. The SMILES string of the molecule is COC(CNC(=O)C(=O)Nc1ccc(N2CCCCS2(=O)=O)cc1)OC. The van der Waals surface area contributed by atoms with E-state index in [1.165, 1.54) is 18.5 Å². The van der Waals surface area contributed by atoms with E-state index in [-0.39, 0.29) is 12.3 Å². The van der Waals surface area contributed by atoms with Gasteiger partial charge in [0, 0.05) is 26.5 Å². The summed E-state index contributed by atoms with van der Waals surface area (Å²) >= 11 is 0. The Bertz CT molecular complexity index is 731. The van der Waals surface area contributed by atoms with E-state index in [0.717, 1.165) is 6.42 Å². The molecular formula is C16H23N3O6S. The van der Waals surface area contributed by atoms with Crippen molar-refractivity contribution in [2.24, 2.45) is 0 Å². The lowest BCUT2D eigenvalue weighted by atomic mass is 10.2. The molecule has 0 bridgehead atoms. The number of hydrogen-bond donors (Lipinski definition) is 2. The predicted octanol–water partition coefficient (Wildman–Crippen LogP) is 0.290. The third-order valence-electron chi connectivity index (χ3n) is 3.92. The molecule has 1 aromatic rings. The van der Waals surface area contributed by atoms with Crippen LogP contribution >= 0.6 is 0 Å². The number of hydrogen-bond acceptors (Lipinski definition) is 6. The Morgan fingerprint density at radius 3 is 2.35 bits per heavy atom. The van der Waals surface area contributed by atoms with Crippen molar-refractivity contribution in [3.63, 3.8) is 0 Å². The van der Waals surface area contributed by atoms with E-state index < -0.39 is 28.1 Å². The molecule has 2 amide bonds. The molecule has 1 aromatic carbocycles. The molecule has 1 fully saturated rings. The van der Waals surface area contributed by atoms with Gasteiger partial charge in [-0.3, -0.25) is 13.9 Å². The summed E-state index contributed by atoms with van der Waals surface area (Å²) in [5.74, 6) is -1.53. The van der Waals surface area contributed by atoms with Gasteiger partial charge in [-0.15, -0.1) is 0 Å². The molecule has 2 rings (SSSR count). The summed E-state index contributed by atoms with van der Waals surface area (Å²) in [6.45, 7) is 0.474. The first kappa shape index (κ1) is 20.1. The number of carbonyl (C=O) groups is 2. The van der Waals surface area contributed by atoms with Crippen molar-refractivity contribution < 1.29 is 27.5 Å². The number of carbonyl (C=O) groups excluding carboxylic acids is 2. The Morgan fingerprint density at radius 1 is 1.12 bits per heavy atom. The highest BCUT2D eigenvalue weighted by Gasteiger charge is 2.26. The number of amides is 2. The number of ether oxygens (including phenoxy) is 2. The summed E-state index contributed by atoms with van der Waals surface area (Å²) < 4.78 is 35.4. The molecule has 0 aliphatic carbocycles. The molecule has 0 radical (unpaired) electrons. The van der Waals surface area contributed by atoms with Crippen molar-refractivity contribution in [1.82, 2.24) is 5.32 Å². The van der Waals surface area contributed by atoms with Gasteiger partial charge < -0.3 is 20.1 Å². The van der Waals surface area contributed by atoms with E-state index in [1.807, 2.05) is 0 Å². The lowest BCUT2D eigenvalue weighted by Gasteiger charge is -2.28. The summed E-state index contributed by atoms with van der Waals surface area (Å²) in [5.41, 5.74) is 0.925. The second-order valence-corrected chi connectivity index (χ2v) is 7.72. The minimum Gasteiger partial charge on any atom is -0.354 e. The van der Waals surface area contributed by atoms with E-state index in [9.17, 15) is 18.0 Å². The second kappa shape index (κ2) is 8.97. The van der Waals surface area contributed by atoms with E-state index in [0.29, 0.717) is 24.3 Å².